The highest BCUT2D eigenvalue weighted by Gasteiger charge is 2.43. The highest BCUT2D eigenvalue weighted by atomic mass is 31.2. The second kappa shape index (κ2) is 20.7. The number of methoxy groups -OCH3 is 1. The standard InChI is InChI=1S/C35H49N6O12P/c1-5-8-20-51-34(45)53-41-18-16-39(17-19-41)33(44)28(24-54(47,35(46)50-7-3)52-23-30(42)49-6-2)37-32(43)27-21-29(40-15-14-26(22-40)48-4)38-31(36-27)25-12-10-9-11-13-25/h9-13,21,26,28H,5-8,14-20,22-24H2,1-4H3,(H,37,43)/t26-,28-,54?/m0/s1. The molecule has 2 amide bonds. The molecule has 2 fully saturated rings. The zero-order valence-electron chi connectivity index (χ0n) is 31.1. The second-order valence-electron chi connectivity index (χ2n) is 12.4. The Hall–Kier alpha value is -4.64. The third-order valence-electron chi connectivity index (χ3n) is 8.52. The second-order valence-corrected chi connectivity index (χ2v) is 14.7. The van der Waals surface area contributed by atoms with Gasteiger partial charge in [0.05, 0.1) is 45.2 Å². The molecule has 0 saturated carbocycles. The van der Waals surface area contributed by atoms with E-state index in [0.717, 1.165) is 12.8 Å². The predicted octanol–water partition coefficient (Wildman–Crippen LogP) is 3.49. The van der Waals surface area contributed by atoms with E-state index in [-0.39, 0.29) is 63.6 Å². The molecule has 0 aliphatic carbocycles. The number of aromatic nitrogens is 2. The van der Waals surface area contributed by atoms with Gasteiger partial charge in [-0.25, -0.2) is 24.4 Å². The monoisotopic (exact) mass is 776 g/mol. The molecule has 2 aromatic rings. The Morgan fingerprint density at radius 3 is 2.31 bits per heavy atom. The lowest BCUT2D eigenvalue weighted by Crippen LogP contribution is -2.56. The van der Waals surface area contributed by atoms with Crippen LogP contribution < -0.4 is 10.2 Å². The Kier molecular flexibility index (Phi) is 16.2. The fourth-order valence-corrected chi connectivity index (χ4v) is 7.36. The van der Waals surface area contributed by atoms with E-state index in [9.17, 15) is 28.5 Å². The van der Waals surface area contributed by atoms with Crippen LogP contribution in [0.15, 0.2) is 36.4 Å². The number of nitrogens with zero attached hydrogens (tertiary/aromatic N) is 5. The van der Waals surface area contributed by atoms with E-state index in [1.807, 2.05) is 17.9 Å². The average molecular weight is 777 g/mol. The Morgan fingerprint density at radius 1 is 0.944 bits per heavy atom. The molecular formula is C35H49N6O12P. The molecule has 2 saturated heterocycles. The average Bonchev–Trinajstić information content (AvgIpc) is 3.67. The SMILES string of the molecule is CCCCOC(=O)ON1CCN(C(=O)[C@H](CP(=O)(OCC(=O)OCC)C(=O)OCC)NC(=O)c2cc(N3CC[C@H](OC)C3)nc(-c3ccccc3)n2)CC1. The van der Waals surface area contributed by atoms with Crippen molar-refractivity contribution < 1.29 is 56.8 Å². The van der Waals surface area contributed by atoms with Crippen LogP contribution in [0, 0.1) is 0 Å². The third kappa shape index (κ3) is 11.9. The number of piperazine rings is 1. The summed E-state index contributed by atoms with van der Waals surface area (Å²) in [5.74, 6) is -1.72. The zero-order valence-corrected chi connectivity index (χ0v) is 32.0. The van der Waals surface area contributed by atoms with Crippen LogP contribution in [0.2, 0.25) is 0 Å². The molecule has 3 atom stereocenters. The number of hydrogen-bond acceptors (Lipinski definition) is 16. The highest BCUT2D eigenvalue weighted by molar-refractivity contribution is 7.75. The van der Waals surface area contributed by atoms with Gasteiger partial charge in [0.15, 0.2) is 12.4 Å². The summed E-state index contributed by atoms with van der Waals surface area (Å²) in [6.45, 7) is 5.58. The number of nitrogens with one attached hydrogen (secondary N) is 1. The van der Waals surface area contributed by atoms with Crippen LogP contribution in [-0.2, 0) is 42.5 Å². The first-order valence-electron chi connectivity index (χ1n) is 18.0. The minimum Gasteiger partial charge on any atom is -0.464 e. The van der Waals surface area contributed by atoms with Gasteiger partial charge < -0.3 is 43.4 Å². The first-order valence-corrected chi connectivity index (χ1v) is 19.8. The fraction of sp³-hybridized carbons (Fsp3) is 0.571. The molecule has 1 aromatic heterocycles. The van der Waals surface area contributed by atoms with Gasteiger partial charge in [-0.1, -0.05) is 43.7 Å². The quantitative estimate of drug-likeness (QED) is 0.0996. The van der Waals surface area contributed by atoms with Gasteiger partial charge in [0.2, 0.25) is 5.91 Å². The van der Waals surface area contributed by atoms with E-state index in [0.29, 0.717) is 30.9 Å². The maximum absolute atomic E-state index is 14.2. The van der Waals surface area contributed by atoms with E-state index in [1.165, 1.54) is 23.0 Å². The van der Waals surface area contributed by atoms with Crippen molar-refractivity contribution in [2.45, 2.75) is 52.2 Å². The van der Waals surface area contributed by atoms with Crippen molar-refractivity contribution in [3.8, 4) is 11.4 Å². The van der Waals surface area contributed by atoms with Crippen LogP contribution in [0.4, 0.5) is 15.4 Å². The smallest absolute Gasteiger partial charge is 0.464 e. The van der Waals surface area contributed by atoms with Crippen molar-refractivity contribution in [2.24, 2.45) is 0 Å². The van der Waals surface area contributed by atoms with E-state index in [4.69, 9.17) is 33.3 Å². The molecule has 296 valence electrons. The van der Waals surface area contributed by atoms with Crippen LogP contribution in [0.1, 0.15) is 50.5 Å². The first-order chi connectivity index (χ1) is 26.0. The van der Waals surface area contributed by atoms with Crippen LogP contribution >= 0.6 is 7.37 Å². The van der Waals surface area contributed by atoms with Gasteiger partial charge >= 0.3 is 25.2 Å². The molecule has 0 spiro atoms. The number of carbonyl (C=O) groups excluding carboxylic acids is 5. The molecule has 3 heterocycles. The summed E-state index contributed by atoms with van der Waals surface area (Å²) in [4.78, 5) is 83.5. The highest BCUT2D eigenvalue weighted by Crippen LogP contribution is 2.49. The summed E-state index contributed by atoms with van der Waals surface area (Å²) in [6.07, 6.45) is 0.508. The summed E-state index contributed by atoms with van der Waals surface area (Å²) < 4.78 is 40.0. The molecule has 4 rings (SSSR count). The van der Waals surface area contributed by atoms with Crippen molar-refractivity contribution in [1.29, 1.82) is 0 Å². The number of benzene rings is 1. The van der Waals surface area contributed by atoms with Gasteiger partial charge in [0.25, 0.3) is 5.91 Å². The van der Waals surface area contributed by atoms with Crippen molar-refractivity contribution >= 4 is 42.8 Å². The van der Waals surface area contributed by atoms with Gasteiger partial charge in [-0.2, -0.15) is 0 Å². The zero-order chi connectivity index (χ0) is 39.1. The molecule has 1 aromatic carbocycles. The molecule has 2 aliphatic rings. The molecule has 1 unspecified atom stereocenters. The summed E-state index contributed by atoms with van der Waals surface area (Å²) in [5.41, 5.74) is -0.744. The fourth-order valence-electron chi connectivity index (χ4n) is 5.63. The third-order valence-corrected chi connectivity index (χ3v) is 10.6. The minimum atomic E-state index is -4.63. The van der Waals surface area contributed by atoms with Crippen molar-refractivity contribution in [3.05, 3.63) is 42.1 Å². The number of hydrogen-bond donors (Lipinski definition) is 1. The molecule has 0 radical (unpaired) electrons. The van der Waals surface area contributed by atoms with Gasteiger partial charge in [0, 0.05) is 44.9 Å². The number of carbonyl (C=O) groups is 5. The number of unbranched alkanes of at least 4 members (excludes halogenated alkanes) is 1. The van der Waals surface area contributed by atoms with Gasteiger partial charge in [-0.3, -0.25) is 14.2 Å². The minimum absolute atomic E-state index is 0.00463. The lowest BCUT2D eigenvalue weighted by molar-refractivity contribution is -0.157. The number of esters is 1. The summed E-state index contributed by atoms with van der Waals surface area (Å²) in [5, 5.41) is 3.97. The Morgan fingerprint density at radius 2 is 1.67 bits per heavy atom. The molecule has 19 heteroatoms. The largest absolute Gasteiger partial charge is 0.527 e. The number of anilines is 1. The lowest BCUT2D eigenvalue weighted by Gasteiger charge is -2.35. The van der Waals surface area contributed by atoms with E-state index in [2.05, 4.69) is 10.3 Å². The maximum atomic E-state index is 14.2. The van der Waals surface area contributed by atoms with Crippen molar-refractivity contribution in [3.63, 3.8) is 0 Å². The summed E-state index contributed by atoms with van der Waals surface area (Å²) >= 11 is 0. The normalized spacial score (nSPS) is 17.6. The van der Waals surface area contributed by atoms with Crippen LogP contribution in [0.5, 0.6) is 0 Å². The number of hydroxylamine groups is 2. The Labute approximate surface area is 314 Å². The molecule has 1 N–H and O–H groups in total. The van der Waals surface area contributed by atoms with E-state index < -0.39 is 55.8 Å². The Bertz CT molecular complexity index is 1640. The topological polar surface area (TPSA) is 205 Å². The van der Waals surface area contributed by atoms with E-state index >= 15 is 0 Å². The molecule has 54 heavy (non-hydrogen) atoms. The van der Waals surface area contributed by atoms with Gasteiger partial charge in [-0.05, 0) is 26.7 Å². The molecule has 2 aliphatic heterocycles. The summed E-state index contributed by atoms with van der Waals surface area (Å²) in [6, 6.07) is 8.89. The number of rotatable bonds is 18. The van der Waals surface area contributed by atoms with Gasteiger partial charge in [-0.15, -0.1) is 5.06 Å². The Balaban J connectivity index is 1.63. The number of ether oxygens (including phenoxy) is 4. The first kappa shape index (κ1) is 42.1. The van der Waals surface area contributed by atoms with E-state index in [1.54, 1.807) is 38.3 Å². The maximum Gasteiger partial charge on any atom is 0.527 e. The lowest BCUT2D eigenvalue weighted by atomic mass is 10.2. The number of amides is 2. The van der Waals surface area contributed by atoms with Crippen LogP contribution in [0.25, 0.3) is 11.4 Å². The predicted molar refractivity (Wildman–Crippen MR) is 194 cm³/mol. The van der Waals surface area contributed by atoms with Crippen molar-refractivity contribution in [2.75, 3.05) is 83.9 Å². The van der Waals surface area contributed by atoms with Crippen LogP contribution in [0.3, 0.4) is 0 Å². The summed E-state index contributed by atoms with van der Waals surface area (Å²) in [7, 11) is -3.00. The van der Waals surface area contributed by atoms with Crippen molar-refractivity contribution in [1.82, 2.24) is 25.2 Å². The molecule has 0 bridgehead atoms. The molecule has 18 nitrogen and oxygen atoms in total. The van der Waals surface area contributed by atoms with Gasteiger partial charge in [0.1, 0.15) is 17.6 Å². The van der Waals surface area contributed by atoms with Crippen LogP contribution in [-0.4, -0.2) is 141 Å². The molecular weight excluding hydrogens is 727 g/mol.